The predicted octanol–water partition coefficient (Wildman–Crippen LogP) is 2.38. The van der Waals surface area contributed by atoms with Gasteiger partial charge in [-0.25, -0.2) is 4.79 Å². The van der Waals surface area contributed by atoms with E-state index >= 15 is 0 Å². The number of aryl methyl sites for hydroxylation is 2. The van der Waals surface area contributed by atoms with E-state index in [2.05, 4.69) is 0 Å². The fraction of sp³-hybridized carbons (Fsp3) is 0.467. The van der Waals surface area contributed by atoms with Gasteiger partial charge in [-0.1, -0.05) is 6.07 Å². The molecule has 1 fully saturated rings. The summed E-state index contributed by atoms with van der Waals surface area (Å²) in [5.41, 5.74) is 1.66. The van der Waals surface area contributed by atoms with Gasteiger partial charge in [0, 0.05) is 12.1 Å². The van der Waals surface area contributed by atoms with Crippen LogP contribution in [-0.4, -0.2) is 34.0 Å². The van der Waals surface area contributed by atoms with Gasteiger partial charge in [-0.2, -0.15) is 0 Å². The van der Waals surface area contributed by atoms with E-state index in [-0.39, 0.29) is 5.91 Å². The van der Waals surface area contributed by atoms with Crippen LogP contribution in [0, 0.1) is 13.8 Å². The number of amides is 1. The summed E-state index contributed by atoms with van der Waals surface area (Å²) in [7, 11) is 0. The number of rotatable bonds is 2. The van der Waals surface area contributed by atoms with Crippen LogP contribution >= 0.6 is 0 Å². The lowest BCUT2D eigenvalue weighted by atomic mass is 9.98. The maximum Gasteiger partial charge on any atom is 0.329 e. The van der Waals surface area contributed by atoms with Crippen LogP contribution in [0.2, 0.25) is 0 Å². The van der Waals surface area contributed by atoms with E-state index in [4.69, 9.17) is 0 Å². The van der Waals surface area contributed by atoms with Crippen LogP contribution in [0.3, 0.4) is 0 Å². The van der Waals surface area contributed by atoms with Crippen molar-refractivity contribution in [2.75, 3.05) is 6.54 Å². The largest absolute Gasteiger partial charge is 0.480 e. The number of hydrogen-bond donors (Lipinski definition) is 1. The molecule has 4 heteroatoms. The molecular formula is C15H19NO3. The standard InChI is InChI=1S/C15H19NO3/c1-10-5-6-12(9-11(10)2)13(17)16-8-4-7-15(16,3)14(18)19/h5-6,9H,4,7-8H2,1-3H3,(H,18,19). The molecule has 0 aliphatic carbocycles. The Morgan fingerprint density at radius 1 is 1.26 bits per heavy atom. The molecule has 0 spiro atoms. The third kappa shape index (κ3) is 2.23. The Labute approximate surface area is 113 Å². The van der Waals surface area contributed by atoms with Gasteiger partial charge in [0.25, 0.3) is 5.91 Å². The number of carbonyl (C=O) groups is 2. The van der Waals surface area contributed by atoms with E-state index in [9.17, 15) is 14.7 Å². The molecule has 0 radical (unpaired) electrons. The van der Waals surface area contributed by atoms with E-state index in [1.807, 2.05) is 26.0 Å². The SMILES string of the molecule is Cc1ccc(C(=O)N2CCCC2(C)C(=O)O)cc1C. The highest BCUT2D eigenvalue weighted by atomic mass is 16.4. The second-order valence-corrected chi connectivity index (χ2v) is 5.44. The number of likely N-dealkylation sites (tertiary alicyclic amines) is 1. The van der Waals surface area contributed by atoms with Crippen molar-refractivity contribution in [3.8, 4) is 0 Å². The molecule has 0 bridgehead atoms. The van der Waals surface area contributed by atoms with E-state index < -0.39 is 11.5 Å². The van der Waals surface area contributed by atoms with Gasteiger partial charge in [0.15, 0.2) is 0 Å². The smallest absolute Gasteiger partial charge is 0.329 e. The highest BCUT2D eigenvalue weighted by molar-refractivity contribution is 5.98. The zero-order valence-electron chi connectivity index (χ0n) is 11.6. The minimum absolute atomic E-state index is 0.189. The highest BCUT2D eigenvalue weighted by Crippen LogP contribution is 2.31. The number of nitrogens with zero attached hydrogens (tertiary/aromatic N) is 1. The van der Waals surface area contributed by atoms with Crippen LogP contribution in [0.25, 0.3) is 0 Å². The summed E-state index contributed by atoms with van der Waals surface area (Å²) in [6.45, 7) is 6.07. The molecule has 1 aromatic rings. The number of benzene rings is 1. The summed E-state index contributed by atoms with van der Waals surface area (Å²) in [6.07, 6.45) is 1.25. The number of hydrogen-bond acceptors (Lipinski definition) is 2. The van der Waals surface area contributed by atoms with Gasteiger partial charge < -0.3 is 10.0 Å². The van der Waals surface area contributed by atoms with Crippen molar-refractivity contribution in [1.82, 2.24) is 4.90 Å². The van der Waals surface area contributed by atoms with E-state index in [0.29, 0.717) is 18.5 Å². The minimum Gasteiger partial charge on any atom is -0.480 e. The Balaban J connectivity index is 2.33. The molecule has 1 N–H and O–H groups in total. The second kappa shape index (κ2) is 4.68. The first-order valence-corrected chi connectivity index (χ1v) is 6.49. The number of carbonyl (C=O) groups excluding carboxylic acids is 1. The fourth-order valence-corrected chi connectivity index (χ4v) is 2.54. The highest BCUT2D eigenvalue weighted by Gasteiger charge is 2.46. The zero-order chi connectivity index (χ0) is 14.2. The van der Waals surface area contributed by atoms with E-state index in [1.165, 1.54) is 4.90 Å². The molecule has 1 aliphatic rings. The first-order valence-electron chi connectivity index (χ1n) is 6.49. The monoisotopic (exact) mass is 261 g/mol. The normalized spacial score (nSPS) is 22.6. The number of carboxylic acid groups (broad SMARTS) is 1. The van der Waals surface area contributed by atoms with Crippen LogP contribution in [-0.2, 0) is 4.79 Å². The third-order valence-corrected chi connectivity index (χ3v) is 4.10. The van der Waals surface area contributed by atoms with Gasteiger partial charge in [0.05, 0.1) is 0 Å². The van der Waals surface area contributed by atoms with Gasteiger partial charge in [0.1, 0.15) is 5.54 Å². The topological polar surface area (TPSA) is 57.6 Å². The van der Waals surface area contributed by atoms with Crippen molar-refractivity contribution in [1.29, 1.82) is 0 Å². The Hall–Kier alpha value is -1.84. The molecule has 2 rings (SSSR count). The summed E-state index contributed by atoms with van der Waals surface area (Å²) >= 11 is 0. The van der Waals surface area contributed by atoms with Crippen LogP contribution in [0.5, 0.6) is 0 Å². The van der Waals surface area contributed by atoms with Crippen molar-refractivity contribution in [3.05, 3.63) is 34.9 Å². The Morgan fingerprint density at radius 3 is 2.53 bits per heavy atom. The van der Waals surface area contributed by atoms with Gasteiger partial charge >= 0.3 is 5.97 Å². The first kappa shape index (κ1) is 13.6. The van der Waals surface area contributed by atoms with Gasteiger partial charge in [-0.3, -0.25) is 4.79 Å². The second-order valence-electron chi connectivity index (χ2n) is 5.44. The van der Waals surface area contributed by atoms with Crippen molar-refractivity contribution >= 4 is 11.9 Å². The average Bonchev–Trinajstić information content (AvgIpc) is 2.75. The Kier molecular flexibility index (Phi) is 3.35. The average molecular weight is 261 g/mol. The summed E-state index contributed by atoms with van der Waals surface area (Å²) < 4.78 is 0. The summed E-state index contributed by atoms with van der Waals surface area (Å²) in [6, 6.07) is 5.50. The molecule has 0 saturated carbocycles. The number of carboxylic acids is 1. The van der Waals surface area contributed by atoms with E-state index in [1.54, 1.807) is 13.0 Å². The van der Waals surface area contributed by atoms with E-state index in [0.717, 1.165) is 17.5 Å². The van der Waals surface area contributed by atoms with Gasteiger partial charge in [-0.05, 0) is 56.9 Å². The molecule has 1 aliphatic heterocycles. The molecule has 1 unspecified atom stereocenters. The maximum absolute atomic E-state index is 12.5. The molecule has 1 heterocycles. The van der Waals surface area contributed by atoms with Crippen molar-refractivity contribution < 1.29 is 14.7 Å². The molecular weight excluding hydrogens is 242 g/mol. The lowest BCUT2D eigenvalue weighted by molar-refractivity contribution is -0.147. The van der Waals surface area contributed by atoms with Crippen LogP contribution in [0.1, 0.15) is 41.3 Å². The molecule has 4 nitrogen and oxygen atoms in total. The number of aliphatic carboxylic acids is 1. The van der Waals surface area contributed by atoms with Crippen LogP contribution in [0.4, 0.5) is 0 Å². The maximum atomic E-state index is 12.5. The minimum atomic E-state index is -1.07. The predicted molar refractivity (Wildman–Crippen MR) is 72.2 cm³/mol. The van der Waals surface area contributed by atoms with Crippen molar-refractivity contribution in [2.24, 2.45) is 0 Å². The molecule has 1 amide bonds. The Bertz CT molecular complexity index is 538. The van der Waals surface area contributed by atoms with Crippen LogP contribution in [0.15, 0.2) is 18.2 Å². The fourth-order valence-electron chi connectivity index (χ4n) is 2.54. The first-order chi connectivity index (χ1) is 8.86. The molecule has 1 saturated heterocycles. The van der Waals surface area contributed by atoms with Crippen LogP contribution < -0.4 is 0 Å². The zero-order valence-corrected chi connectivity index (χ0v) is 11.6. The summed E-state index contributed by atoms with van der Waals surface area (Å²) in [5, 5.41) is 9.34. The van der Waals surface area contributed by atoms with Crippen molar-refractivity contribution in [2.45, 2.75) is 39.2 Å². The lowest BCUT2D eigenvalue weighted by Gasteiger charge is -2.31. The Morgan fingerprint density at radius 2 is 1.95 bits per heavy atom. The lowest BCUT2D eigenvalue weighted by Crippen LogP contribution is -2.50. The summed E-state index contributed by atoms with van der Waals surface area (Å²) in [5.74, 6) is -1.12. The molecule has 0 aromatic heterocycles. The van der Waals surface area contributed by atoms with Gasteiger partial charge in [0.2, 0.25) is 0 Å². The quantitative estimate of drug-likeness (QED) is 0.889. The molecule has 102 valence electrons. The summed E-state index contributed by atoms with van der Waals surface area (Å²) in [4.78, 5) is 25.4. The third-order valence-electron chi connectivity index (χ3n) is 4.10. The van der Waals surface area contributed by atoms with Crippen molar-refractivity contribution in [3.63, 3.8) is 0 Å². The molecule has 1 atom stereocenters. The van der Waals surface area contributed by atoms with Gasteiger partial charge in [-0.15, -0.1) is 0 Å². The molecule has 19 heavy (non-hydrogen) atoms. The molecule has 1 aromatic carbocycles.